The number of nitrogens with zero attached hydrogens (tertiary/aromatic N) is 5. The maximum absolute atomic E-state index is 13.4. The molecule has 0 spiro atoms. The van der Waals surface area contributed by atoms with E-state index >= 15 is 0 Å². The molecule has 0 atom stereocenters. The minimum absolute atomic E-state index is 0.0366. The topological polar surface area (TPSA) is 88.4 Å². The Morgan fingerprint density at radius 2 is 1.74 bits per heavy atom. The molecule has 0 unspecified atom stereocenters. The Hall–Kier alpha value is -3.18. The maximum atomic E-state index is 13.4. The van der Waals surface area contributed by atoms with Gasteiger partial charge in [-0.2, -0.15) is 9.40 Å². The molecule has 0 saturated carbocycles. The van der Waals surface area contributed by atoms with E-state index in [9.17, 15) is 22.0 Å². The largest absolute Gasteiger partial charge is 0.336 e. The second-order valence-electron chi connectivity index (χ2n) is 7.12. The molecule has 1 aromatic carbocycles. The Morgan fingerprint density at radius 3 is 2.35 bits per heavy atom. The first kappa shape index (κ1) is 21.1. The summed E-state index contributed by atoms with van der Waals surface area (Å²) in [6, 6.07) is 6.06. The van der Waals surface area contributed by atoms with Crippen molar-refractivity contribution in [1.82, 2.24) is 24.0 Å². The van der Waals surface area contributed by atoms with Gasteiger partial charge in [-0.25, -0.2) is 17.2 Å². The van der Waals surface area contributed by atoms with Crippen LogP contribution in [0.25, 0.3) is 11.1 Å². The highest BCUT2D eigenvalue weighted by molar-refractivity contribution is 7.89. The summed E-state index contributed by atoms with van der Waals surface area (Å²) in [5.41, 5.74) is 0.942. The third-order valence-corrected chi connectivity index (χ3v) is 6.82. The van der Waals surface area contributed by atoms with Gasteiger partial charge in [0.2, 0.25) is 0 Å². The number of benzene rings is 1. The highest BCUT2D eigenvalue weighted by Gasteiger charge is 2.34. The van der Waals surface area contributed by atoms with E-state index in [-0.39, 0.29) is 36.8 Å². The van der Waals surface area contributed by atoms with Crippen molar-refractivity contribution in [3.63, 3.8) is 0 Å². The summed E-state index contributed by atoms with van der Waals surface area (Å²) in [5, 5.41) is 4.06. The number of sulfonamides is 1. The standard InChI is InChI=1S/C20H19F2N5O3S/c1-25-13-18(14-3-2-4-23-12-14)19(24-25)31(29,30)27-7-5-26(6-8-27)20(28)15-9-16(21)11-17(22)10-15/h2-4,9-13H,5-8H2,1H3. The average Bonchev–Trinajstić information content (AvgIpc) is 3.16. The Morgan fingerprint density at radius 1 is 1.06 bits per heavy atom. The molecule has 1 amide bonds. The predicted octanol–water partition coefficient (Wildman–Crippen LogP) is 1.91. The molecule has 1 saturated heterocycles. The molecule has 31 heavy (non-hydrogen) atoms. The van der Waals surface area contributed by atoms with Crippen LogP contribution in [0.1, 0.15) is 10.4 Å². The van der Waals surface area contributed by atoms with Gasteiger partial charge in [0.25, 0.3) is 15.9 Å². The van der Waals surface area contributed by atoms with Gasteiger partial charge in [-0.05, 0) is 18.2 Å². The third kappa shape index (κ3) is 4.19. The van der Waals surface area contributed by atoms with Crippen LogP contribution in [-0.2, 0) is 17.1 Å². The summed E-state index contributed by atoms with van der Waals surface area (Å²) in [4.78, 5) is 18.0. The molecule has 0 radical (unpaired) electrons. The summed E-state index contributed by atoms with van der Waals surface area (Å²) >= 11 is 0. The Balaban J connectivity index is 1.53. The number of rotatable bonds is 4. The molecule has 0 aliphatic carbocycles. The molecule has 2 aromatic heterocycles. The van der Waals surface area contributed by atoms with Crippen molar-refractivity contribution in [1.29, 1.82) is 0 Å². The molecule has 3 heterocycles. The van der Waals surface area contributed by atoms with Crippen LogP contribution in [0, 0.1) is 11.6 Å². The van der Waals surface area contributed by atoms with Crippen molar-refractivity contribution in [2.24, 2.45) is 7.05 Å². The predicted molar refractivity (Wildman–Crippen MR) is 107 cm³/mol. The number of halogens is 2. The van der Waals surface area contributed by atoms with E-state index in [0.29, 0.717) is 17.2 Å². The zero-order valence-electron chi connectivity index (χ0n) is 16.6. The highest BCUT2D eigenvalue weighted by Crippen LogP contribution is 2.28. The molecule has 0 N–H and O–H groups in total. The fraction of sp³-hybridized carbons (Fsp3) is 0.250. The number of amides is 1. The van der Waals surface area contributed by atoms with Gasteiger partial charge in [0.1, 0.15) is 11.6 Å². The van der Waals surface area contributed by atoms with Crippen LogP contribution in [0.5, 0.6) is 0 Å². The first-order valence-electron chi connectivity index (χ1n) is 9.45. The summed E-state index contributed by atoms with van der Waals surface area (Å²) < 4.78 is 56.1. The molecule has 11 heteroatoms. The lowest BCUT2D eigenvalue weighted by Crippen LogP contribution is -2.50. The number of hydrogen-bond acceptors (Lipinski definition) is 5. The average molecular weight is 447 g/mol. The van der Waals surface area contributed by atoms with E-state index in [2.05, 4.69) is 10.1 Å². The van der Waals surface area contributed by atoms with Gasteiger partial charge in [-0.15, -0.1) is 0 Å². The zero-order valence-corrected chi connectivity index (χ0v) is 17.4. The fourth-order valence-corrected chi connectivity index (χ4v) is 5.06. The van der Waals surface area contributed by atoms with Gasteiger partial charge in [-0.1, -0.05) is 6.07 Å². The molecule has 4 rings (SSSR count). The molecular formula is C20H19F2N5O3S. The molecule has 0 bridgehead atoms. The molecule has 1 aliphatic heterocycles. The van der Waals surface area contributed by atoms with Gasteiger partial charge in [0, 0.05) is 74.6 Å². The highest BCUT2D eigenvalue weighted by atomic mass is 32.2. The summed E-state index contributed by atoms with van der Waals surface area (Å²) in [6.07, 6.45) is 4.77. The lowest BCUT2D eigenvalue weighted by atomic mass is 10.1. The van der Waals surface area contributed by atoms with E-state index in [0.717, 1.165) is 12.1 Å². The van der Waals surface area contributed by atoms with E-state index in [1.54, 1.807) is 37.8 Å². The number of piperazine rings is 1. The van der Waals surface area contributed by atoms with E-state index in [1.165, 1.54) is 13.9 Å². The lowest BCUT2D eigenvalue weighted by molar-refractivity contribution is 0.0696. The Bertz CT molecular complexity index is 1200. The van der Waals surface area contributed by atoms with Crippen LogP contribution < -0.4 is 0 Å². The molecule has 3 aromatic rings. The third-order valence-electron chi connectivity index (χ3n) is 4.99. The number of aryl methyl sites for hydroxylation is 1. The Kier molecular flexibility index (Phi) is 5.54. The SMILES string of the molecule is Cn1cc(-c2cccnc2)c(S(=O)(=O)N2CCN(C(=O)c3cc(F)cc(F)c3)CC2)n1. The smallest absolute Gasteiger partial charge is 0.263 e. The second kappa shape index (κ2) is 8.16. The van der Waals surface area contributed by atoms with Crippen LogP contribution in [0.15, 0.2) is 53.9 Å². The summed E-state index contributed by atoms with van der Waals surface area (Å²) in [6.45, 7) is 0.250. The molecule has 162 valence electrons. The van der Waals surface area contributed by atoms with Crippen molar-refractivity contribution in [3.8, 4) is 11.1 Å². The van der Waals surface area contributed by atoms with E-state index < -0.39 is 27.6 Å². The van der Waals surface area contributed by atoms with Crippen molar-refractivity contribution >= 4 is 15.9 Å². The molecule has 1 aliphatic rings. The minimum Gasteiger partial charge on any atom is -0.336 e. The van der Waals surface area contributed by atoms with Gasteiger partial charge in [0.05, 0.1) is 0 Å². The Labute approximate surface area is 177 Å². The number of pyridine rings is 1. The number of hydrogen-bond donors (Lipinski definition) is 0. The molecule has 8 nitrogen and oxygen atoms in total. The van der Waals surface area contributed by atoms with Crippen LogP contribution in [-0.4, -0.2) is 64.5 Å². The summed E-state index contributed by atoms with van der Waals surface area (Å²) in [7, 11) is -2.30. The second-order valence-corrected chi connectivity index (χ2v) is 8.97. The molecule has 1 fully saturated rings. The zero-order chi connectivity index (χ0) is 22.2. The maximum Gasteiger partial charge on any atom is 0.263 e. The quantitative estimate of drug-likeness (QED) is 0.610. The van der Waals surface area contributed by atoms with E-state index in [1.807, 2.05) is 0 Å². The van der Waals surface area contributed by atoms with Gasteiger partial charge < -0.3 is 4.90 Å². The van der Waals surface area contributed by atoms with Crippen LogP contribution in [0.3, 0.4) is 0 Å². The van der Waals surface area contributed by atoms with Crippen LogP contribution in [0.2, 0.25) is 0 Å². The van der Waals surface area contributed by atoms with Gasteiger partial charge in [-0.3, -0.25) is 14.5 Å². The number of aromatic nitrogens is 3. The van der Waals surface area contributed by atoms with E-state index in [4.69, 9.17) is 0 Å². The number of carbonyl (C=O) groups excluding carboxylic acids is 1. The van der Waals surface area contributed by atoms with Crippen molar-refractivity contribution < 1.29 is 22.0 Å². The normalized spacial score (nSPS) is 15.3. The lowest BCUT2D eigenvalue weighted by Gasteiger charge is -2.33. The summed E-state index contributed by atoms with van der Waals surface area (Å²) in [5.74, 6) is -2.24. The van der Waals surface area contributed by atoms with Gasteiger partial charge >= 0.3 is 0 Å². The van der Waals surface area contributed by atoms with Crippen molar-refractivity contribution in [2.45, 2.75) is 5.03 Å². The first-order valence-corrected chi connectivity index (χ1v) is 10.9. The van der Waals surface area contributed by atoms with Gasteiger partial charge in [0.15, 0.2) is 5.03 Å². The van der Waals surface area contributed by atoms with Crippen molar-refractivity contribution in [3.05, 3.63) is 66.1 Å². The van der Waals surface area contributed by atoms with Crippen LogP contribution >= 0.6 is 0 Å². The minimum atomic E-state index is -3.93. The number of carbonyl (C=O) groups is 1. The van der Waals surface area contributed by atoms with Crippen LogP contribution in [0.4, 0.5) is 8.78 Å². The fourth-order valence-electron chi connectivity index (χ4n) is 3.49. The molecular weight excluding hydrogens is 428 g/mol. The first-order chi connectivity index (χ1) is 14.8. The monoisotopic (exact) mass is 447 g/mol. The van der Waals surface area contributed by atoms with Crippen molar-refractivity contribution in [2.75, 3.05) is 26.2 Å².